The maximum atomic E-state index is 5.90. The maximum absolute atomic E-state index is 5.90. The first-order valence-electron chi connectivity index (χ1n) is 5.49. The lowest BCUT2D eigenvalue weighted by Crippen LogP contribution is -2.25. The molecular weight excluding hydrogens is 238 g/mol. The Labute approximate surface area is 105 Å². The fraction of sp³-hybridized carbons (Fsp3) is 0.545. The van der Waals surface area contributed by atoms with E-state index in [-0.39, 0.29) is 5.41 Å². The van der Waals surface area contributed by atoms with E-state index in [1.54, 1.807) is 4.52 Å². The quantitative estimate of drug-likeness (QED) is 0.848. The minimum atomic E-state index is 0.0334. The highest BCUT2D eigenvalue weighted by molar-refractivity contribution is 6.18. The molecule has 0 fully saturated rings. The lowest BCUT2D eigenvalue weighted by atomic mass is 9.97. The zero-order valence-electron chi connectivity index (χ0n) is 10.2. The van der Waals surface area contributed by atoms with Gasteiger partial charge in [0.05, 0.1) is 0 Å². The maximum Gasteiger partial charge on any atom is 0.254 e. The Kier molecular flexibility index (Phi) is 3.19. The summed E-state index contributed by atoms with van der Waals surface area (Å²) in [5.41, 5.74) is 0.947. The molecule has 0 amide bonds. The lowest BCUT2D eigenvalue weighted by molar-refractivity contribution is 0.449. The molecule has 5 nitrogen and oxygen atoms in total. The fourth-order valence-corrected chi connectivity index (χ4v) is 1.53. The van der Waals surface area contributed by atoms with Gasteiger partial charge in [0.1, 0.15) is 12.1 Å². The third kappa shape index (κ3) is 2.66. The monoisotopic (exact) mass is 253 g/mol. The van der Waals surface area contributed by atoms with Gasteiger partial charge in [-0.15, -0.1) is 11.6 Å². The molecule has 0 aliphatic carbocycles. The topological polar surface area (TPSA) is 55.1 Å². The van der Waals surface area contributed by atoms with Crippen molar-refractivity contribution in [3.8, 4) is 0 Å². The van der Waals surface area contributed by atoms with E-state index >= 15 is 0 Å². The molecule has 0 bridgehead atoms. The van der Waals surface area contributed by atoms with Gasteiger partial charge in [0.2, 0.25) is 0 Å². The third-order valence-corrected chi connectivity index (χ3v) is 3.21. The molecule has 6 heteroatoms. The van der Waals surface area contributed by atoms with Crippen LogP contribution in [0.2, 0.25) is 0 Å². The van der Waals surface area contributed by atoms with Crippen LogP contribution in [0.3, 0.4) is 0 Å². The molecule has 1 N–H and O–H groups in total. The Balaban J connectivity index is 2.26. The molecule has 0 aromatic carbocycles. The molecule has 0 radical (unpaired) electrons. The summed E-state index contributed by atoms with van der Waals surface area (Å²) in [7, 11) is 0. The molecule has 0 spiro atoms. The average molecular weight is 254 g/mol. The molecule has 2 rings (SSSR count). The summed E-state index contributed by atoms with van der Waals surface area (Å²) in [6, 6.07) is 1.95. The van der Waals surface area contributed by atoms with E-state index in [0.29, 0.717) is 11.7 Å². The number of alkyl halides is 1. The van der Waals surface area contributed by atoms with E-state index in [1.807, 2.05) is 13.0 Å². The third-order valence-electron chi connectivity index (χ3n) is 2.49. The molecule has 0 saturated carbocycles. The number of halogens is 1. The van der Waals surface area contributed by atoms with Crippen molar-refractivity contribution in [2.24, 2.45) is 5.41 Å². The Morgan fingerprint density at radius 2 is 2.24 bits per heavy atom. The molecule has 0 atom stereocenters. The van der Waals surface area contributed by atoms with Crippen molar-refractivity contribution in [3.05, 3.63) is 18.1 Å². The van der Waals surface area contributed by atoms with Crippen LogP contribution in [-0.2, 0) is 0 Å². The van der Waals surface area contributed by atoms with Crippen LogP contribution in [0.15, 0.2) is 12.4 Å². The Bertz CT molecular complexity index is 520. The van der Waals surface area contributed by atoms with E-state index < -0.39 is 0 Å². The van der Waals surface area contributed by atoms with Crippen LogP contribution >= 0.6 is 11.6 Å². The van der Waals surface area contributed by atoms with Crippen molar-refractivity contribution in [1.82, 2.24) is 19.6 Å². The average Bonchev–Trinajstić information content (AvgIpc) is 2.73. The molecule has 0 saturated heterocycles. The predicted octanol–water partition coefficient (Wildman–Crippen LogP) is 2.11. The second-order valence-corrected chi connectivity index (χ2v) is 5.17. The predicted molar refractivity (Wildman–Crippen MR) is 68.5 cm³/mol. The number of rotatable bonds is 4. The molecular formula is C11H16ClN5. The zero-order valence-corrected chi connectivity index (χ0v) is 11.0. The Hall–Kier alpha value is -1.36. The molecule has 2 aromatic heterocycles. The van der Waals surface area contributed by atoms with E-state index in [4.69, 9.17) is 11.6 Å². The number of aryl methyl sites for hydroxylation is 1. The summed E-state index contributed by atoms with van der Waals surface area (Å²) < 4.78 is 1.69. The standard InChI is InChI=1S/C11H16ClN5/c1-8-4-9(13-6-11(2,3)5-12)17-10(16-8)14-7-15-17/h4,7,13H,5-6H2,1-3H3. The van der Waals surface area contributed by atoms with Crippen molar-refractivity contribution >= 4 is 23.2 Å². The summed E-state index contributed by atoms with van der Waals surface area (Å²) >= 11 is 5.90. The number of anilines is 1. The van der Waals surface area contributed by atoms with Crippen LogP contribution in [0.4, 0.5) is 5.82 Å². The zero-order chi connectivity index (χ0) is 12.5. The molecule has 0 aliphatic rings. The van der Waals surface area contributed by atoms with Crippen molar-refractivity contribution in [3.63, 3.8) is 0 Å². The lowest BCUT2D eigenvalue weighted by Gasteiger charge is -2.22. The van der Waals surface area contributed by atoms with Crippen LogP contribution in [0, 0.1) is 12.3 Å². The van der Waals surface area contributed by atoms with Gasteiger partial charge in [-0.2, -0.15) is 14.6 Å². The fourth-order valence-electron chi connectivity index (χ4n) is 1.43. The van der Waals surface area contributed by atoms with Crippen LogP contribution in [0.25, 0.3) is 5.78 Å². The van der Waals surface area contributed by atoms with Crippen LogP contribution in [0.5, 0.6) is 0 Å². The smallest absolute Gasteiger partial charge is 0.254 e. The van der Waals surface area contributed by atoms with Gasteiger partial charge in [-0.1, -0.05) is 13.8 Å². The SMILES string of the molecule is Cc1cc(NCC(C)(C)CCl)n2ncnc2n1. The van der Waals surface area contributed by atoms with E-state index in [1.165, 1.54) is 6.33 Å². The minimum absolute atomic E-state index is 0.0334. The van der Waals surface area contributed by atoms with E-state index in [9.17, 15) is 0 Å². The normalized spacial score (nSPS) is 12.0. The summed E-state index contributed by atoms with van der Waals surface area (Å²) in [5.74, 6) is 2.10. The number of nitrogens with one attached hydrogen (secondary N) is 1. The highest BCUT2D eigenvalue weighted by Gasteiger charge is 2.16. The molecule has 92 valence electrons. The van der Waals surface area contributed by atoms with Crippen LogP contribution in [0.1, 0.15) is 19.5 Å². The Morgan fingerprint density at radius 3 is 2.94 bits per heavy atom. The van der Waals surface area contributed by atoms with Gasteiger partial charge in [-0.3, -0.25) is 0 Å². The highest BCUT2D eigenvalue weighted by atomic mass is 35.5. The first-order chi connectivity index (χ1) is 8.02. The first kappa shape index (κ1) is 12.1. The summed E-state index contributed by atoms with van der Waals surface area (Å²) in [4.78, 5) is 8.36. The number of hydrogen-bond donors (Lipinski definition) is 1. The van der Waals surface area contributed by atoms with Crippen LogP contribution < -0.4 is 5.32 Å². The highest BCUT2D eigenvalue weighted by Crippen LogP contribution is 2.18. The molecule has 2 aromatic rings. The second-order valence-electron chi connectivity index (χ2n) is 4.91. The second kappa shape index (κ2) is 4.49. The molecule has 0 aliphatic heterocycles. The van der Waals surface area contributed by atoms with E-state index in [2.05, 4.69) is 34.2 Å². The number of nitrogens with zero attached hydrogens (tertiary/aromatic N) is 4. The van der Waals surface area contributed by atoms with Gasteiger partial charge in [0.25, 0.3) is 5.78 Å². The van der Waals surface area contributed by atoms with Crippen molar-refractivity contribution in [2.75, 3.05) is 17.7 Å². The van der Waals surface area contributed by atoms with Gasteiger partial charge in [-0.05, 0) is 12.3 Å². The van der Waals surface area contributed by atoms with E-state index in [0.717, 1.165) is 18.1 Å². The first-order valence-corrected chi connectivity index (χ1v) is 6.02. The van der Waals surface area contributed by atoms with Gasteiger partial charge in [-0.25, -0.2) is 4.98 Å². The summed E-state index contributed by atoms with van der Waals surface area (Å²) in [5, 5.41) is 7.48. The van der Waals surface area contributed by atoms with Gasteiger partial charge >= 0.3 is 0 Å². The minimum Gasteiger partial charge on any atom is -0.369 e. The molecule has 17 heavy (non-hydrogen) atoms. The van der Waals surface area contributed by atoms with Gasteiger partial charge in [0.15, 0.2) is 0 Å². The van der Waals surface area contributed by atoms with Crippen LogP contribution in [-0.4, -0.2) is 32.0 Å². The molecule has 2 heterocycles. The van der Waals surface area contributed by atoms with Crippen molar-refractivity contribution in [2.45, 2.75) is 20.8 Å². The number of aromatic nitrogens is 4. The summed E-state index contributed by atoms with van der Waals surface area (Å²) in [6.07, 6.45) is 1.50. The molecule has 0 unspecified atom stereocenters. The van der Waals surface area contributed by atoms with Crippen molar-refractivity contribution in [1.29, 1.82) is 0 Å². The van der Waals surface area contributed by atoms with Gasteiger partial charge in [0, 0.05) is 24.2 Å². The summed E-state index contributed by atoms with van der Waals surface area (Å²) in [6.45, 7) is 6.93. The Morgan fingerprint density at radius 1 is 1.47 bits per heavy atom. The van der Waals surface area contributed by atoms with Gasteiger partial charge < -0.3 is 5.32 Å². The van der Waals surface area contributed by atoms with Crippen molar-refractivity contribution < 1.29 is 0 Å². The number of fused-ring (bicyclic) bond motifs is 1. The number of hydrogen-bond acceptors (Lipinski definition) is 4. The largest absolute Gasteiger partial charge is 0.369 e.